The Bertz CT molecular complexity index is 58.0. The molecule has 8 heavy (non-hydrogen) atoms. The molecule has 0 fully saturated rings. The minimum absolute atomic E-state index is 0.0486. The van der Waals surface area contributed by atoms with Crippen molar-refractivity contribution >= 4 is 31.9 Å². The van der Waals surface area contributed by atoms with Crippen LogP contribution >= 0.6 is 31.9 Å². The van der Waals surface area contributed by atoms with Crippen LogP contribution in [0.3, 0.4) is 0 Å². The molecule has 0 heterocycles. The van der Waals surface area contributed by atoms with Gasteiger partial charge in [0.2, 0.25) is 0 Å². The van der Waals surface area contributed by atoms with E-state index in [0.29, 0.717) is 6.42 Å². The molecule has 0 aliphatic carbocycles. The fourth-order valence-electron chi connectivity index (χ4n) is 0.261. The van der Waals surface area contributed by atoms with Crippen molar-refractivity contribution in [2.24, 2.45) is 0 Å². The lowest BCUT2D eigenvalue weighted by molar-refractivity contribution is 0.233. The topological polar surface area (TPSA) is 40.5 Å². The summed E-state index contributed by atoms with van der Waals surface area (Å²) in [7, 11) is 0. The average Bonchev–Trinajstić information content (AvgIpc) is 1.67. The Hall–Kier alpha value is 0.880. The molecule has 0 spiro atoms. The number of halogens is 2. The molecule has 0 aromatic rings. The van der Waals surface area contributed by atoms with E-state index >= 15 is 0 Å². The van der Waals surface area contributed by atoms with Gasteiger partial charge in [0.05, 0.1) is 4.83 Å². The van der Waals surface area contributed by atoms with Crippen LogP contribution < -0.4 is 0 Å². The molecular formula is C4H8Br2O2. The van der Waals surface area contributed by atoms with Gasteiger partial charge in [-0.05, 0) is 6.42 Å². The lowest BCUT2D eigenvalue weighted by Gasteiger charge is -2.07. The molecule has 0 radical (unpaired) electrons. The molecule has 0 amide bonds. The lowest BCUT2D eigenvalue weighted by atomic mass is 10.3. The highest BCUT2D eigenvalue weighted by Crippen LogP contribution is 2.13. The van der Waals surface area contributed by atoms with E-state index in [9.17, 15) is 0 Å². The minimum atomic E-state index is -0.561. The van der Waals surface area contributed by atoms with E-state index in [4.69, 9.17) is 10.2 Å². The SMILES string of the molecule is OCCC(Br)C(O)Br. The second kappa shape index (κ2) is 4.73. The minimum Gasteiger partial charge on any atom is -0.396 e. The van der Waals surface area contributed by atoms with E-state index in [1.807, 2.05) is 0 Å². The fraction of sp³-hybridized carbons (Fsp3) is 1.00. The van der Waals surface area contributed by atoms with Gasteiger partial charge in [0, 0.05) is 6.61 Å². The normalized spacial score (nSPS) is 18.0. The number of hydrogen-bond acceptors (Lipinski definition) is 2. The summed E-state index contributed by atoms with van der Waals surface area (Å²) in [4.78, 5) is -0.0486. The van der Waals surface area contributed by atoms with Crippen LogP contribution in [0.5, 0.6) is 0 Å². The average molecular weight is 248 g/mol. The van der Waals surface area contributed by atoms with Gasteiger partial charge in [-0.3, -0.25) is 0 Å². The van der Waals surface area contributed by atoms with Crippen molar-refractivity contribution in [2.45, 2.75) is 16.3 Å². The summed E-state index contributed by atoms with van der Waals surface area (Å²) in [6.07, 6.45) is 0.562. The zero-order valence-electron chi connectivity index (χ0n) is 4.22. The first kappa shape index (κ1) is 8.88. The van der Waals surface area contributed by atoms with E-state index in [1.165, 1.54) is 0 Å². The number of alkyl halides is 2. The van der Waals surface area contributed by atoms with E-state index in [0.717, 1.165) is 0 Å². The van der Waals surface area contributed by atoms with Crippen molar-refractivity contribution in [1.82, 2.24) is 0 Å². The quantitative estimate of drug-likeness (QED) is 0.726. The number of aliphatic hydroxyl groups excluding tert-OH is 2. The van der Waals surface area contributed by atoms with E-state index in [2.05, 4.69) is 31.9 Å². The third-order valence-corrected chi connectivity index (χ3v) is 3.01. The summed E-state index contributed by atoms with van der Waals surface area (Å²) in [6.45, 7) is 0.0958. The van der Waals surface area contributed by atoms with Gasteiger partial charge in [0.15, 0.2) is 0 Å². The van der Waals surface area contributed by atoms with Crippen LogP contribution in [0, 0.1) is 0 Å². The van der Waals surface area contributed by atoms with Crippen LogP contribution in [0.15, 0.2) is 0 Å². The monoisotopic (exact) mass is 246 g/mol. The van der Waals surface area contributed by atoms with Gasteiger partial charge in [0.25, 0.3) is 0 Å². The van der Waals surface area contributed by atoms with Crippen LogP contribution in [-0.4, -0.2) is 26.7 Å². The Morgan fingerprint density at radius 3 is 2.00 bits per heavy atom. The van der Waals surface area contributed by atoms with Gasteiger partial charge < -0.3 is 10.2 Å². The summed E-state index contributed by atoms with van der Waals surface area (Å²) >= 11 is 6.08. The molecule has 0 rings (SSSR count). The maximum Gasteiger partial charge on any atom is 0.121 e. The standard InChI is InChI=1S/C4H8Br2O2/c5-3(1-2-7)4(6)8/h3-4,7-8H,1-2H2. The first-order valence-electron chi connectivity index (χ1n) is 2.25. The second-order valence-corrected chi connectivity index (χ2v) is 3.52. The van der Waals surface area contributed by atoms with E-state index in [1.54, 1.807) is 0 Å². The zero-order valence-corrected chi connectivity index (χ0v) is 7.39. The highest BCUT2D eigenvalue weighted by molar-refractivity contribution is 9.12. The Balaban J connectivity index is 3.17. The Labute approximate surface area is 65.2 Å². The zero-order chi connectivity index (χ0) is 6.57. The first-order valence-corrected chi connectivity index (χ1v) is 4.08. The van der Waals surface area contributed by atoms with Crippen LogP contribution in [0.1, 0.15) is 6.42 Å². The summed E-state index contributed by atoms with van der Waals surface area (Å²) in [5.41, 5.74) is 0. The van der Waals surface area contributed by atoms with Crippen LogP contribution in [0.25, 0.3) is 0 Å². The van der Waals surface area contributed by atoms with E-state index < -0.39 is 5.01 Å². The van der Waals surface area contributed by atoms with Crippen LogP contribution in [0.4, 0.5) is 0 Å². The molecule has 0 bridgehead atoms. The first-order chi connectivity index (χ1) is 3.68. The maximum absolute atomic E-state index is 8.71. The molecule has 2 atom stereocenters. The van der Waals surface area contributed by atoms with Gasteiger partial charge in [-0.2, -0.15) is 0 Å². The van der Waals surface area contributed by atoms with Gasteiger partial charge in [-0.15, -0.1) is 0 Å². The predicted molar refractivity (Wildman–Crippen MR) is 39.4 cm³/mol. The Morgan fingerprint density at radius 1 is 1.38 bits per heavy atom. The van der Waals surface area contributed by atoms with Crippen molar-refractivity contribution in [3.05, 3.63) is 0 Å². The molecule has 0 saturated carbocycles. The highest BCUT2D eigenvalue weighted by atomic mass is 79.9. The smallest absolute Gasteiger partial charge is 0.121 e. The Morgan fingerprint density at radius 2 is 1.88 bits per heavy atom. The summed E-state index contributed by atoms with van der Waals surface area (Å²) < 4.78 is 0. The van der Waals surface area contributed by atoms with Crippen molar-refractivity contribution in [3.63, 3.8) is 0 Å². The van der Waals surface area contributed by atoms with Gasteiger partial charge in [-0.25, -0.2) is 0 Å². The second-order valence-electron chi connectivity index (χ2n) is 1.40. The summed E-state index contributed by atoms with van der Waals surface area (Å²) in [5, 5.41) is 16.5. The Kier molecular flexibility index (Phi) is 5.25. The molecule has 2 unspecified atom stereocenters. The van der Waals surface area contributed by atoms with Crippen molar-refractivity contribution in [1.29, 1.82) is 0 Å². The van der Waals surface area contributed by atoms with Crippen molar-refractivity contribution in [3.8, 4) is 0 Å². The van der Waals surface area contributed by atoms with Gasteiger partial charge in [0.1, 0.15) is 5.01 Å². The molecule has 0 aromatic heterocycles. The highest BCUT2D eigenvalue weighted by Gasteiger charge is 2.09. The number of aliphatic hydroxyl groups is 2. The molecule has 0 aromatic carbocycles. The van der Waals surface area contributed by atoms with Gasteiger partial charge >= 0.3 is 0 Å². The van der Waals surface area contributed by atoms with Crippen molar-refractivity contribution in [2.75, 3.05) is 6.61 Å². The number of hydrogen-bond donors (Lipinski definition) is 2. The molecule has 0 saturated heterocycles. The van der Waals surface area contributed by atoms with Gasteiger partial charge in [-0.1, -0.05) is 31.9 Å². The maximum atomic E-state index is 8.71. The van der Waals surface area contributed by atoms with Crippen LogP contribution in [0.2, 0.25) is 0 Å². The molecule has 4 heteroatoms. The predicted octanol–water partition coefficient (Wildman–Crippen LogP) is 0.846. The largest absolute Gasteiger partial charge is 0.396 e. The summed E-state index contributed by atoms with van der Waals surface area (Å²) in [6, 6.07) is 0. The third-order valence-electron chi connectivity index (χ3n) is 0.703. The molecule has 2 N–H and O–H groups in total. The fourth-order valence-corrected chi connectivity index (χ4v) is 0.730. The molecule has 50 valence electrons. The number of rotatable bonds is 3. The molecular weight excluding hydrogens is 240 g/mol. The van der Waals surface area contributed by atoms with E-state index in [-0.39, 0.29) is 11.4 Å². The van der Waals surface area contributed by atoms with Crippen molar-refractivity contribution < 1.29 is 10.2 Å². The van der Waals surface area contributed by atoms with Crippen LogP contribution in [-0.2, 0) is 0 Å². The lowest BCUT2D eigenvalue weighted by Crippen LogP contribution is -2.13. The summed E-state index contributed by atoms with van der Waals surface area (Å²) in [5.74, 6) is 0. The molecule has 0 aliphatic heterocycles. The molecule has 0 aliphatic rings. The molecule has 2 nitrogen and oxygen atoms in total. The third kappa shape index (κ3) is 3.83.